The normalized spacial score (nSPS) is 15.7. The van der Waals surface area contributed by atoms with Crippen molar-refractivity contribution in [3.63, 3.8) is 0 Å². The molecule has 0 atom stereocenters. The highest BCUT2D eigenvalue weighted by molar-refractivity contribution is 6.28. The van der Waals surface area contributed by atoms with Crippen LogP contribution in [-0.2, 0) is 9.47 Å². The van der Waals surface area contributed by atoms with E-state index < -0.39 is 0 Å². The van der Waals surface area contributed by atoms with Crippen LogP contribution < -0.4 is 10.2 Å². The predicted octanol–water partition coefficient (Wildman–Crippen LogP) is 1.20. The molecule has 1 aliphatic heterocycles. The lowest BCUT2D eigenvalue weighted by Gasteiger charge is -2.26. The first kappa shape index (κ1) is 15.2. The van der Waals surface area contributed by atoms with Crippen LogP contribution in [0.5, 0.6) is 0 Å². The van der Waals surface area contributed by atoms with Gasteiger partial charge in [0.05, 0.1) is 25.9 Å². The van der Waals surface area contributed by atoms with E-state index in [1.807, 2.05) is 18.7 Å². The Morgan fingerprint density at radius 1 is 1.30 bits per heavy atom. The van der Waals surface area contributed by atoms with Crippen LogP contribution in [0, 0.1) is 0 Å². The van der Waals surface area contributed by atoms with E-state index in [0.29, 0.717) is 38.3 Å². The Morgan fingerprint density at radius 2 is 2.05 bits per heavy atom. The van der Waals surface area contributed by atoms with Crippen LogP contribution >= 0.6 is 11.6 Å². The van der Waals surface area contributed by atoms with Gasteiger partial charge in [0, 0.05) is 19.6 Å². The summed E-state index contributed by atoms with van der Waals surface area (Å²) in [6.07, 6.45) is 0.211. The van der Waals surface area contributed by atoms with Gasteiger partial charge in [0.25, 0.3) is 0 Å². The molecule has 0 unspecified atom stereocenters. The smallest absolute Gasteiger partial charge is 0.231 e. The molecule has 2 rings (SSSR count). The molecule has 0 radical (unpaired) electrons. The zero-order valence-electron chi connectivity index (χ0n) is 11.8. The first-order valence-corrected chi connectivity index (χ1v) is 7.12. The Morgan fingerprint density at radius 3 is 2.75 bits per heavy atom. The largest absolute Gasteiger partial charge is 0.378 e. The van der Waals surface area contributed by atoms with Crippen molar-refractivity contribution in [3.8, 4) is 0 Å². The Balaban J connectivity index is 1.93. The summed E-state index contributed by atoms with van der Waals surface area (Å²) >= 11 is 5.94. The molecule has 1 N–H and O–H groups in total. The van der Waals surface area contributed by atoms with E-state index in [4.69, 9.17) is 21.1 Å². The number of nitrogens with zero attached hydrogens (tertiary/aromatic N) is 4. The van der Waals surface area contributed by atoms with Crippen LogP contribution in [0.2, 0.25) is 5.28 Å². The van der Waals surface area contributed by atoms with Crippen LogP contribution in [-0.4, -0.2) is 60.5 Å². The van der Waals surface area contributed by atoms with Gasteiger partial charge in [-0.1, -0.05) is 0 Å². The van der Waals surface area contributed by atoms with Gasteiger partial charge in [-0.2, -0.15) is 15.0 Å². The van der Waals surface area contributed by atoms with Gasteiger partial charge in [-0.25, -0.2) is 0 Å². The van der Waals surface area contributed by atoms with Crippen molar-refractivity contribution in [1.29, 1.82) is 0 Å². The maximum absolute atomic E-state index is 5.94. The molecular formula is C12H20ClN5O2. The fourth-order valence-corrected chi connectivity index (χ4v) is 1.94. The number of ether oxygens (including phenoxy) is 2. The minimum Gasteiger partial charge on any atom is -0.378 e. The number of hydrogen-bond donors (Lipinski definition) is 1. The average Bonchev–Trinajstić information content (AvgIpc) is 2.44. The second kappa shape index (κ2) is 7.56. The SMILES string of the molecule is CC(C)OCCNc1nc(Cl)nc(N2CCOCC2)n1. The summed E-state index contributed by atoms with van der Waals surface area (Å²) in [4.78, 5) is 14.6. The van der Waals surface area contributed by atoms with Gasteiger partial charge in [-0.15, -0.1) is 0 Å². The lowest BCUT2D eigenvalue weighted by Crippen LogP contribution is -2.37. The third-order valence-corrected chi connectivity index (χ3v) is 2.90. The highest BCUT2D eigenvalue weighted by Gasteiger charge is 2.15. The molecule has 8 heteroatoms. The van der Waals surface area contributed by atoms with Crippen LogP contribution in [0.3, 0.4) is 0 Å². The summed E-state index contributed by atoms with van der Waals surface area (Å²) in [6.45, 7) is 8.08. The molecule has 20 heavy (non-hydrogen) atoms. The summed E-state index contributed by atoms with van der Waals surface area (Å²) < 4.78 is 10.8. The van der Waals surface area contributed by atoms with Gasteiger partial charge >= 0.3 is 0 Å². The number of rotatable bonds is 6. The minimum atomic E-state index is 0.189. The van der Waals surface area contributed by atoms with Crippen molar-refractivity contribution >= 4 is 23.5 Å². The molecule has 0 aliphatic carbocycles. The number of hydrogen-bond acceptors (Lipinski definition) is 7. The third kappa shape index (κ3) is 4.73. The molecule has 0 amide bonds. The number of morpholine rings is 1. The molecule has 7 nitrogen and oxygen atoms in total. The second-order valence-corrected chi connectivity index (χ2v) is 5.01. The number of halogens is 1. The van der Waals surface area contributed by atoms with Crippen molar-refractivity contribution in [2.24, 2.45) is 0 Å². The Hall–Kier alpha value is -1.18. The molecule has 0 aromatic carbocycles. The van der Waals surface area contributed by atoms with Gasteiger partial charge in [-0.3, -0.25) is 0 Å². The van der Waals surface area contributed by atoms with Crippen molar-refractivity contribution in [2.45, 2.75) is 20.0 Å². The maximum Gasteiger partial charge on any atom is 0.231 e. The van der Waals surface area contributed by atoms with Gasteiger partial charge < -0.3 is 19.7 Å². The second-order valence-electron chi connectivity index (χ2n) is 4.67. The lowest BCUT2D eigenvalue weighted by molar-refractivity contribution is 0.0870. The molecule has 1 aliphatic rings. The van der Waals surface area contributed by atoms with Gasteiger partial charge in [0.2, 0.25) is 17.2 Å². The van der Waals surface area contributed by atoms with Crippen molar-refractivity contribution in [2.75, 3.05) is 49.7 Å². The van der Waals surface area contributed by atoms with Crippen LogP contribution in [0.15, 0.2) is 0 Å². The summed E-state index contributed by atoms with van der Waals surface area (Å²) in [5.41, 5.74) is 0. The number of anilines is 2. The minimum absolute atomic E-state index is 0.189. The van der Waals surface area contributed by atoms with Crippen molar-refractivity contribution in [1.82, 2.24) is 15.0 Å². The fourth-order valence-electron chi connectivity index (χ4n) is 1.78. The molecule has 1 aromatic rings. The van der Waals surface area contributed by atoms with E-state index in [0.717, 1.165) is 13.1 Å². The number of nitrogens with one attached hydrogen (secondary N) is 1. The van der Waals surface area contributed by atoms with Crippen LogP contribution in [0.4, 0.5) is 11.9 Å². The van der Waals surface area contributed by atoms with E-state index in [1.54, 1.807) is 0 Å². The molecule has 1 aromatic heterocycles. The highest BCUT2D eigenvalue weighted by Crippen LogP contribution is 2.14. The standard InChI is InChI=1S/C12H20ClN5O2/c1-9(2)20-6-3-14-11-15-10(13)16-12(17-11)18-4-7-19-8-5-18/h9H,3-8H2,1-2H3,(H,14,15,16,17). The summed E-state index contributed by atoms with van der Waals surface area (Å²) in [5, 5.41) is 3.28. The highest BCUT2D eigenvalue weighted by atomic mass is 35.5. The van der Waals surface area contributed by atoms with E-state index in [9.17, 15) is 0 Å². The molecular weight excluding hydrogens is 282 g/mol. The lowest BCUT2D eigenvalue weighted by atomic mass is 10.4. The first-order chi connectivity index (χ1) is 9.65. The molecule has 1 fully saturated rings. The molecule has 0 bridgehead atoms. The van der Waals surface area contributed by atoms with Crippen molar-refractivity contribution < 1.29 is 9.47 Å². The molecule has 0 saturated carbocycles. The average molecular weight is 302 g/mol. The van der Waals surface area contributed by atoms with Gasteiger partial charge in [0.15, 0.2) is 0 Å². The predicted molar refractivity (Wildman–Crippen MR) is 77.4 cm³/mol. The Kier molecular flexibility index (Phi) is 5.75. The van der Waals surface area contributed by atoms with Gasteiger partial charge in [0.1, 0.15) is 0 Å². The monoisotopic (exact) mass is 301 g/mol. The fraction of sp³-hybridized carbons (Fsp3) is 0.750. The molecule has 1 saturated heterocycles. The van der Waals surface area contributed by atoms with Crippen LogP contribution in [0.1, 0.15) is 13.8 Å². The number of aromatic nitrogens is 3. The molecule has 0 spiro atoms. The molecule has 2 heterocycles. The zero-order chi connectivity index (χ0) is 14.4. The first-order valence-electron chi connectivity index (χ1n) is 6.75. The Bertz CT molecular complexity index is 426. The van der Waals surface area contributed by atoms with Crippen molar-refractivity contribution in [3.05, 3.63) is 5.28 Å². The summed E-state index contributed by atoms with van der Waals surface area (Å²) in [5.74, 6) is 1.06. The van der Waals surface area contributed by atoms with Gasteiger partial charge in [-0.05, 0) is 25.4 Å². The van der Waals surface area contributed by atoms with Crippen LogP contribution in [0.25, 0.3) is 0 Å². The maximum atomic E-state index is 5.94. The van der Waals surface area contributed by atoms with E-state index in [-0.39, 0.29) is 11.4 Å². The summed E-state index contributed by atoms with van der Waals surface area (Å²) in [6, 6.07) is 0. The summed E-state index contributed by atoms with van der Waals surface area (Å²) in [7, 11) is 0. The molecule has 112 valence electrons. The van der Waals surface area contributed by atoms with E-state index in [2.05, 4.69) is 20.3 Å². The Labute approximate surface area is 123 Å². The van der Waals surface area contributed by atoms with E-state index >= 15 is 0 Å². The quantitative estimate of drug-likeness (QED) is 0.791. The third-order valence-electron chi connectivity index (χ3n) is 2.73. The van der Waals surface area contributed by atoms with E-state index in [1.165, 1.54) is 0 Å². The zero-order valence-corrected chi connectivity index (χ0v) is 12.6. The topological polar surface area (TPSA) is 72.4 Å².